The second-order valence-electron chi connectivity index (χ2n) is 4.98. The molecule has 0 radical (unpaired) electrons. The number of hydrogen-bond donors (Lipinski definition) is 3. The molecule has 0 aromatic carbocycles. The van der Waals surface area contributed by atoms with Gasteiger partial charge >= 0.3 is 12.0 Å². The second kappa shape index (κ2) is 6.06. The van der Waals surface area contributed by atoms with Crippen LogP contribution in [-0.4, -0.2) is 23.1 Å². The monoisotopic (exact) mass is 282 g/mol. The topological polar surface area (TPSA) is 78.4 Å². The Hall–Kier alpha value is -1.56. The number of aliphatic carboxylic acids is 1. The van der Waals surface area contributed by atoms with Gasteiger partial charge in [0.1, 0.15) is 0 Å². The van der Waals surface area contributed by atoms with Gasteiger partial charge in [-0.15, -0.1) is 11.3 Å². The highest BCUT2D eigenvalue weighted by molar-refractivity contribution is 7.10. The van der Waals surface area contributed by atoms with Crippen LogP contribution in [0.3, 0.4) is 0 Å². The van der Waals surface area contributed by atoms with Gasteiger partial charge in [0.2, 0.25) is 0 Å². The summed E-state index contributed by atoms with van der Waals surface area (Å²) in [4.78, 5) is 23.6. The minimum atomic E-state index is -1.05. The summed E-state index contributed by atoms with van der Waals surface area (Å²) in [6.45, 7) is 1.94. The van der Waals surface area contributed by atoms with Crippen molar-refractivity contribution in [1.29, 1.82) is 0 Å². The molecule has 1 fully saturated rings. The third kappa shape index (κ3) is 4.24. The number of carbonyl (C=O) groups is 2. The minimum absolute atomic E-state index is 0.0743. The largest absolute Gasteiger partial charge is 0.479 e. The third-order valence-electron chi connectivity index (χ3n) is 3.11. The maximum absolute atomic E-state index is 11.8. The smallest absolute Gasteiger partial charge is 0.331 e. The lowest BCUT2D eigenvalue weighted by Gasteiger charge is -2.17. The van der Waals surface area contributed by atoms with Crippen LogP contribution in [0.2, 0.25) is 0 Å². The van der Waals surface area contributed by atoms with Crippen LogP contribution >= 0.6 is 11.3 Å². The van der Waals surface area contributed by atoms with Crippen molar-refractivity contribution in [3.63, 3.8) is 0 Å². The number of amides is 2. The standard InChI is InChI=1S/C13H18N2O3S/c1-8(7-9-4-5-9)14-13(18)15-11(12(16)17)10-3-2-6-19-10/h2-3,6,8-9,11H,4-5,7H2,1H3,(H,16,17)(H2,14,15,18). The molecule has 1 heterocycles. The summed E-state index contributed by atoms with van der Waals surface area (Å²) < 4.78 is 0. The van der Waals surface area contributed by atoms with Gasteiger partial charge in [0.15, 0.2) is 6.04 Å². The molecule has 2 atom stereocenters. The van der Waals surface area contributed by atoms with Crippen LogP contribution in [-0.2, 0) is 4.79 Å². The summed E-state index contributed by atoms with van der Waals surface area (Å²) in [5.74, 6) is -0.324. The SMILES string of the molecule is CC(CC1CC1)NC(=O)NC(C(=O)O)c1cccs1. The first kappa shape index (κ1) is 13.9. The average Bonchev–Trinajstić information content (AvgIpc) is 2.97. The first-order valence-corrected chi connectivity index (χ1v) is 7.27. The van der Waals surface area contributed by atoms with E-state index in [-0.39, 0.29) is 6.04 Å². The molecule has 1 aromatic heterocycles. The summed E-state index contributed by atoms with van der Waals surface area (Å²) >= 11 is 1.32. The lowest BCUT2D eigenvalue weighted by atomic mass is 10.2. The van der Waals surface area contributed by atoms with Gasteiger partial charge < -0.3 is 15.7 Å². The van der Waals surface area contributed by atoms with Gasteiger partial charge in [-0.05, 0) is 30.7 Å². The molecule has 1 saturated carbocycles. The minimum Gasteiger partial charge on any atom is -0.479 e. The number of hydrogen-bond acceptors (Lipinski definition) is 3. The molecule has 2 amide bonds. The lowest BCUT2D eigenvalue weighted by molar-refractivity contribution is -0.139. The highest BCUT2D eigenvalue weighted by Gasteiger charge is 2.26. The average molecular weight is 282 g/mol. The van der Waals surface area contributed by atoms with Gasteiger partial charge in [-0.3, -0.25) is 0 Å². The summed E-state index contributed by atoms with van der Waals surface area (Å²) in [6, 6.07) is 2.15. The van der Waals surface area contributed by atoms with Crippen molar-refractivity contribution in [3.8, 4) is 0 Å². The highest BCUT2D eigenvalue weighted by atomic mass is 32.1. The van der Waals surface area contributed by atoms with Gasteiger partial charge in [0.05, 0.1) is 0 Å². The van der Waals surface area contributed by atoms with Crippen molar-refractivity contribution in [2.75, 3.05) is 0 Å². The highest BCUT2D eigenvalue weighted by Crippen LogP contribution is 2.33. The Balaban J connectivity index is 1.86. The lowest BCUT2D eigenvalue weighted by Crippen LogP contribution is -2.44. The van der Waals surface area contributed by atoms with Crippen molar-refractivity contribution < 1.29 is 14.7 Å². The number of rotatable bonds is 6. The molecule has 2 unspecified atom stereocenters. The maximum Gasteiger partial charge on any atom is 0.331 e. The molecule has 0 saturated heterocycles. The van der Waals surface area contributed by atoms with E-state index in [0.29, 0.717) is 4.88 Å². The Kier molecular flexibility index (Phi) is 4.42. The van der Waals surface area contributed by atoms with Crippen LogP contribution in [0.15, 0.2) is 17.5 Å². The molecule has 0 aliphatic heterocycles. The van der Waals surface area contributed by atoms with Crippen LogP contribution in [0.5, 0.6) is 0 Å². The van der Waals surface area contributed by atoms with Crippen LogP contribution < -0.4 is 10.6 Å². The molecule has 1 aliphatic rings. The van der Waals surface area contributed by atoms with E-state index < -0.39 is 18.0 Å². The fourth-order valence-corrected chi connectivity index (χ4v) is 2.79. The first-order chi connectivity index (χ1) is 9.06. The molecular formula is C13H18N2O3S. The van der Waals surface area contributed by atoms with Gasteiger partial charge in [-0.25, -0.2) is 9.59 Å². The van der Waals surface area contributed by atoms with Crippen LogP contribution in [0.4, 0.5) is 4.79 Å². The van der Waals surface area contributed by atoms with Gasteiger partial charge in [0, 0.05) is 10.9 Å². The summed E-state index contributed by atoms with van der Waals surface area (Å²) in [5, 5.41) is 16.2. The van der Waals surface area contributed by atoms with Crippen molar-refractivity contribution in [3.05, 3.63) is 22.4 Å². The van der Waals surface area contributed by atoms with E-state index >= 15 is 0 Å². The predicted molar refractivity (Wildman–Crippen MR) is 73.2 cm³/mol. The molecule has 3 N–H and O–H groups in total. The van der Waals surface area contributed by atoms with Crippen molar-refractivity contribution in [2.24, 2.45) is 5.92 Å². The maximum atomic E-state index is 11.8. The molecule has 0 spiro atoms. The van der Waals surface area contributed by atoms with Crippen LogP contribution in [0, 0.1) is 5.92 Å². The van der Waals surface area contributed by atoms with E-state index in [1.54, 1.807) is 17.5 Å². The zero-order valence-corrected chi connectivity index (χ0v) is 11.6. The van der Waals surface area contributed by atoms with E-state index in [9.17, 15) is 9.59 Å². The molecular weight excluding hydrogens is 264 g/mol. The third-order valence-corrected chi connectivity index (χ3v) is 4.05. The summed E-state index contributed by atoms with van der Waals surface area (Å²) in [6.07, 6.45) is 3.44. The zero-order chi connectivity index (χ0) is 13.8. The molecule has 19 heavy (non-hydrogen) atoms. The van der Waals surface area contributed by atoms with E-state index in [4.69, 9.17) is 5.11 Å². The first-order valence-electron chi connectivity index (χ1n) is 6.39. The van der Waals surface area contributed by atoms with E-state index in [1.165, 1.54) is 24.2 Å². The molecule has 104 valence electrons. The number of carboxylic acids is 1. The number of carbonyl (C=O) groups excluding carboxylic acids is 1. The van der Waals surface area contributed by atoms with E-state index in [2.05, 4.69) is 10.6 Å². The van der Waals surface area contributed by atoms with Gasteiger partial charge in [-0.1, -0.05) is 18.9 Å². The summed E-state index contributed by atoms with van der Waals surface area (Å²) in [5.41, 5.74) is 0. The fraction of sp³-hybridized carbons (Fsp3) is 0.538. The van der Waals surface area contributed by atoms with E-state index in [1.807, 2.05) is 6.92 Å². The fourth-order valence-electron chi connectivity index (χ4n) is 2.02. The number of nitrogens with one attached hydrogen (secondary N) is 2. The van der Waals surface area contributed by atoms with Crippen LogP contribution in [0.1, 0.15) is 37.1 Å². The number of thiophene rings is 1. The zero-order valence-electron chi connectivity index (χ0n) is 10.8. The quantitative estimate of drug-likeness (QED) is 0.749. The predicted octanol–water partition coefficient (Wildman–Crippen LogP) is 2.36. The Morgan fingerprint density at radius 2 is 2.21 bits per heavy atom. The molecule has 6 heteroatoms. The van der Waals surface area contributed by atoms with Crippen LogP contribution in [0.25, 0.3) is 0 Å². The van der Waals surface area contributed by atoms with Gasteiger partial charge in [-0.2, -0.15) is 0 Å². The van der Waals surface area contributed by atoms with Crippen molar-refractivity contribution in [1.82, 2.24) is 10.6 Å². The second-order valence-corrected chi connectivity index (χ2v) is 5.96. The summed E-state index contributed by atoms with van der Waals surface area (Å²) in [7, 11) is 0. The molecule has 0 bridgehead atoms. The number of urea groups is 1. The Morgan fingerprint density at radius 1 is 1.47 bits per heavy atom. The van der Waals surface area contributed by atoms with Gasteiger partial charge in [0.25, 0.3) is 0 Å². The Morgan fingerprint density at radius 3 is 2.74 bits per heavy atom. The van der Waals surface area contributed by atoms with Crippen molar-refractivity contribution >= 4 is 23.3 Å². The molecule has 2 rings (SSSR count). The van der Waals surface area contributed by atoms with Crippen molar-refractivity contribution in [2.45, 2.75) is 38.3 Å². The molecule has 1 aromatic rings. The van der Waals surface area contributed by atoms with E-state index in [0.717, 1.165) is 12.3 Å². The normalized spacial score (nSPS) is 17.5. The molecule has 1 aliphatic carbocycles. The number of carboxylic acid groups (broad SMARTS) is 1. The molecule has 5 nitrogen and oxygen atoms in total. The Bertz CT molecular complexity index is 443. The Labute approximate surface area is 116 Å².